The maximum Gasteiger partial charge on any atom is 0.309 e. The van der Waals surface area contributed by atoms with Crippen molar-refractivity contribution >= 4 is 22.6 Å². The Hall–Kier alpha value is -2.56. The Morgan fingerprint density at radius 2 is 1.78 bits per heavy atom. The number of nitrogens with zero attached hydrogens (tertiary/aromatic N) is 1. The zero-order chi connectivity index (χ0) is 19.2. The first-order valence-electron chi connectivity index (χ1n) is 9.73. The van der Waals surface area contributed by atoms with E-state index < -0.39 is 6.10 Å². The van der Waals surface area contributed by atoms with E-state index in [0.29, 0.717) is 39.0 Å². The second kappa shape index (κ2) is 8.89. The summed E-state index contributed by atoms with van der Waals surface area (Å²) in [7, 11) is 0. The van der Waals surface area contributed by atoms with Crippen LogP contribution in [-0.2, 0) is 14.3 Å². The summed E-state index contributed by atoms with van der Waals surface area (Å²) in [6.45, 7) is 5.30. The highest BCUT2D eigenvalue weighted by molar-refractivity contribution is 5.89. The number of ether oxygens (including phenoxy) is 2. The van der Waals surface area contributed by atoms with Crippen molar-refractivity contribution in [1.82, 2.24) is 4.90 Å². The molecule has 0 spiro atoms. The van der Waals surface area contributed by atoms with Gasteiger partial charge in [-0.3, -0.25) is 9.59 Å². The number of likely N-dealkylation sites (tertiary alicyclic amines) is 1. The molecule has 1 aliphatic heterocycles. The summed E-state index contributed by atoms with van der Waals surface area (Å²) in [5.41, 5.74) is 0. The molecule has 0 aromatic heterocycles. The second-order valence-electron chi connectivity index (χ2n) is 6.84. The van der Waals surface area contributed by atoms with Gasteiger partial charge in [0.2, 0.25) is 0 Å². The highest BCUT2D eigenvalue weighted by atomic mass is 16.5. The first-order valence-corrected chi connectivity index (χ1v) is 9.73. The summed E-state index contributed by atoms with van der Waals surface area (Å²) in [4.78, 5) is 26.7. The van der Waals surface area contributed by atoms with Crippen molar-refractivity contribution in [3.63, 3.8) is 0 Å². The Bertz CT molecular complexity index is 791. The minimum atomic E-state index is -0.519. The number of benzene rings is 2. The average molecular weight is 369 g/mol. The van der Waals surface area contributed by atoms with Gasteiger partial charge in [-0.05, 0) is 37.6 Å². The number of hydrogen-bond donors (Lipinski definition) is 0. The van der Waals surface area contributed by atoms with Crippen LogP contribution < -0.4 is 4.74 Å². The molecule has 0 aliphatic carbocycles. The Balaban J connectivity index is 1.65. The molecule has 5 heteroatoms. The smallest absolute Gasteiger partial charge is 0.309 e. The van der Waals surface area contributed by atoms with E-state index in [4.69, 9.17) is 9.47 Å². The molecule has 2 aromatic carbocycles. The molecule has 1 atom stereocenters. The van der Waals surface area contributed by atoms with Crippen molar-refractivity contribution in [3.05, 3.63) is 42.5 Å². The first kappa shape index (κ1) is 19.2. The lowest BCUT2D eigenvalue weighted by Crippen LogP contribution is -2.46. The van der Waals surface area contributed by atoms with Gasteiger partial charge >= 0.3 is 5.97 Å². The third-order valence-corrected chi connectivity index (χ3v) is 5.09. The van der Waals surface area contributed by atoms with Crippen LogP contribution in [0.5, 0.6) is 5.75 Å². The van der Waals surface area contributed by atoms with Crippen molar-refractivity contribution in [2.75, 3.05) is 19.7 Å². The normalized spacial score (nSPS) is 16.1. The van der Waals surface area contributed by atoms with Gasteiger partial charge in [0.1, 0.15) is 5.75 Å². The second-order valence-corrected chi connectivity index (χ2v) is 6.84. The fourth-order valence-corrected chi connectivity index (χ4v) is 3.56. The minimum absolute atomic E-state index is 0.00672. The molecule has 0 radical (unpaired) electrons. The fraction of sp³-hybridized carbons (Fsp3) is 0.455. The van der Waals surface area contributed by atoms with E-state index in [2.05, 4.69) is 0 Å². The summed E-state index contributed by atoms with van der Waals surface area (Å²) in [5, 5.41) is 2.10. The van der Waals surface area contributed by atoms with E-state index in [1.807, 2.05) is 61.2 Å². The molecule has 144 valence electrons. The van der Waals surface area contributed by atoms with Crippen molar-refractivity contribution < 1.29 is 19.1 Å². The van der Waals surface area contributed by atoms with Gasteiger partial charge in [-0.25, -0.2) is 0 Å². The third-order valence-electron chi connectivity index (χ3n) is 5.09. The summed E-state index contributed by atoms with van der Waals surface area (Å²) >= 11 is 0. The third kappa shape index (κ3) is 4.41. The average Bonchev–Trinajstić information content (AvgIpc) is 2.72. The van der Waals surface area contributed by atoms with E-state index in [-0.39, 0.29) is 17.8 Å². The SMILES string of the molecule is CCOC(=O)C1CCN(C(=O)C(CC)Oc2cccc3ccccc23)CC1. The van der Waals surface area contributed by atoms with Gasteiger partial charge in [-0.15, -0.1) is 0 Å². The molecule has 1 amide bonds. The van der Waals surface area contributed by atoms with E-state index in [0.717, 1.165) is 16.5 Å². The lowest BCUT2D eigenvalue weighted by Gasteiger charge is -2.33. The maximum absolute atomic E-state index is 13.0. The van der Waals surface area contributed by atoms with Crippen molar-refractivity contribution in [2.24, 2.45) is 5.92 Å². The molecule has 0 N–H and O–H groups in total. The van der Waals surface area contributed by atoms with Crippen LogP contribution in [0.3, 0.4) is 0 Å². The number of rotatable bonds is 6. The van der Waals surface area contributed by atoms with Crippen LogP contribution >= 0.6 is 0 Å². The first-order chi connectivity index (χ1) is 13.1. The van der Waals surface area contributed by atoms with Crippen LogP contribution in [-0.4, -0.2) is 42.6 Å². The van der Waals surface area contributed by atoms with Gasteiger partial charge in [-0.1, -0.05) is 43.3 Å². The topological polar surface area (TPSA) is 55.8 Å². The lowest BCUT2D eigenvalue weighted by molar-refractivity contribution is -0.152. The number of esters is 1. The summed E-state index contributed by atoms with van der Waals surface area (Å²) in [5.74, 6) is 0.471. The molecular weight excluding hydrogens is 342 g/mol. The molecule has 0 bridgehead atoms. The highest BCUT2D eigenvalue weighted by Gasteiger charge is 2.31. The van der Waals surface area contributed by atoms with Crippen LogP contribution in [0.15, 0.2) is 42.5 Å². The zero-order valence-corrected chi connectivity index (χ0v) is 16.0. The molecule has 5 nitrogen and oxygen atoms in total. The predicted octanol–water partition coefficient (Wildman–Crippen LogP) is 3.80. The number of piperidine rings is 1. The van der Waals surface area contributed by atoms with Crippen LogP contribution in [0.2, 0.25) is 0 Å². The number of carbonyl (C=O) groups excluding carboxylic acids is 2. The van der Waals surface area contributed by atoms with E-state index in [9.17, 15) is 9.59 Å². The lowest BCUT2D eigenvalue weighted by atomic mass is 9.96. The number of amides is 1. The van der Waals surface area contributed by atoms with Gasteiger partial charge < -0.3 is 14.4 Å². The molecule has 1 saturated heterocycles. The maximum atomic E-state index is 13.0. The monoisotopic (exact) mass is 369 g/mol. The van der Waals surface area contributed by atoms with Crippen LogP contribution in [0.4, 0.5) is 0 Å². The Labute approximate surface area is 160 Å². The van der Waals surface area contributed by atoms with E-state index in [1.54, 1.807) is 0 Å². The Morgan fingerprint density at radius 3 is 2.48 bits per heavy atom. The van der Waals surface area contributed by atoms with Crippen LogP contribution in [0.1, 0.15) is 33.1 Å². The molecule has 1 fully saturated rings. The predicted molar refractivity (Wildman–Crippen MR) is 105 cm³/mol. The Morgan fingerprint density at radius 1 is 1.07 bits per heavy atom. The molecule has 27 heavy (non-hydrogen) atoms. The van der Waals surface area contributed by atoms with Crippen LogP contribution in [0.25, 0.3) is 10.8 Å². The highest BCUT2D eigenvalue weighted by Crippen LogP contribution is 2.27. The number of fused-ring (bicyclic) bond motifs is 1. The zero-order valence-electron chi connectivity index (χ0n) is 16.0. The van der Waals surface area contributed by atoms with E-state index >= 15 is 0 Å². The fourth-order valence-electron chi connectivity index (χ4n) is 3.56. The molecule has 0 saturated carbocycles. The largest absolute Gasteiger partial charge is 0.480 e. The number of carbonyl (C=O) groups is 2. The summed E-state index contributed by atoms with van der Waals surface area (Å²) < 4.78 is 11.2. The molecule has 3 rings (SSSR count). The molecule has 1 unspecified atom stereocenters. The Kier molecular flexibility index (Phi) is 6.32. The van der Waals surface area contributed by atoms with Gasteiger partial charge in [0.25, 0.3) is 5.91 Å². The molecule has 2 aromatic rings. The standard InChI is InChI=1S/C22H27NO4/c1-3-19(27-20-11-7-9-16-8-5-6-10-18(16)20)21(24)23-14-12-17(13-15-23)22(25)26-4-2/h5-11,17,19H,3-4,12-15H2,1-2H3. The van der Waals surface area contributed by atoms with Crippen LogP contribution in [0, 0.1) is 5.92 Å². The molecule has 1 aliphatic rings. The summed E-state index contributed by atoms with van der Waals surface area (Å²) in [6, 6.07) is 13.9. The van der Waals surface area contributed by atoms with E-state index in [1.165, 1.54) is 0 Å². The minimum Gasteiger partial charge on any atom is -0.480 e. The van der Waals surface area contributed by atoms with Crippen molar-refractivity contribution in [1.29, 1.82) is 0 Å². The molecule has 1 heterocycles. The molecular formula is C22H27NO4. The van der Waals surface area contributed by atoms with Crippen molar-refractivity contribution in [3.8, 4) is 5.75 Å². The van der Waals surface area contributed by atoms with Gasteiger partial charge in [0.05, 0.1) is 12.5 Å². The quantitative estimate of drug-likeness (QED) is 0.727. The summed E-state index contributed by atoms with van der Waals surface area (Å²) in [6.07, 6.45) is 1.37. The van der Waals surface area contributed by atoms with Gasteiger partial charge in [-0.2, -0.15) is 0 Å². The van der Waals surface area contributed by atoms with Gasteiger partial charge in [0.15, 0.2) is 6.10 Å². The number of hydrogen-bond acceptors (Lipinski definition) is 4. The van der Waals surface area contributed by atoms with Crippen molar-refractivity contribution in [2.45, 2.75) is 39.2 Å². The van der Waals surface area contributed by atoms with Gasteiger partial charge in [0, 0.05) is 18.5 Å².